The first-order valence-corrected chi connectivity index (χ1v) is 9.15. The number of hydrogen-bond acceptors (Lipinski definition) is 6. The molecule has 0 saturated carbocycles. The monoisotopic (exact) mass is 399 g/mol. The zero-order chi connectivity index (χ0) is 20.6. The van der Waals surface area contributed by atoms with Gasteiger partial charge in [-0.15, -0.1) is 0 Å². The van der Waals surface area contributed by atoms with Crippen LogP contribution in [0.25, 0.3) is 0 Å². The average molecular weight is 399 g/mol. The summed E-state index contributed by atoms with van der Waals surface area (Å²) in [5, 5.41) is 4.50. The minimum absolute atomic E-state index is 0.0972. The molecule has 1 saturated heterocycles. The standard InChI is InChI=1S/C20H21N3O6/c24-17(22-20(27)21-11-16-6-3-9-28-16)13-29-19(26)15-5-1-4-14(10-15)12-23-8-2-7-18(23)25/h1,3-6,9-10H,2,7-8,11-13H2,(H2,21,22,24,27). The molecule has 1 aliphatic heterocycles. The highest BCUT2D eigenvalue weighted by atomic mass is 16.5. The van der Waals surface area contributed by atoms with Gasteiger partial charge < -0.3 is 19.4 Å². The summed E-state index contributed by atoms with van der Waals surface area (Å²) >= 11 is 0. The van der Waals surface area contributed by atoms with Crippen LogP contribution in [-0.2, 0) is 27.4 Å². The summed E-state index contributed by atoms with van der Waals surface area (Å²) in [6.45, 7) is 0.659. The van der Waals surface area contributed by atoms with Crippen molar-refractivity contribution < 1.29 is 28.3 Å². The fourth-order valence-corrected chi connectivity index (χ4v) is 2.89. The molecule has 2 N–H and O–H groups in total. The van der Waals surface area contributed by atoms with Crippen molar-refractivity contribution in [3.8, 4) is 0 Å². The minimum Gasteiger partial charge on any atom is -0.467 e. The molecule has 0 radical (unpaired) electrons. The maximum absolute atomic E-state index is 12.2. The second-order valence-electron chi connectivity index (χ2n) is 6.51. The first-order chi connectivity index (χ1) is 14.0. The van der Waals surface area contributed by atoms with Crippen LogP contribution in [0.3, 0.4) is 0 Å². The molecule has 1 fully saturated rings. The summed E-state index contributed by atoms with van der Waals surface area (Å²) in [4.78, 5) is 49.0. The molecular weight excluding hydrogens is 378 g/mol. The molecule has 3 rings (SSSR count). The van der Waals surface area contributed by atoms with E-state index in [-0.39, 0.29) is 18.0 Å². The summed E-state index contributed by atoms with van der Waals surface area (Å²) in [5.74, 6) is -0.811. The van der Waals surface area contributed by atoms with Gasteiger partial charge in [0.1, 0.15) is 5.76 Å². The summed E-state index contributed by atoms with van der Waals surface area (Å²) in [7, 11) is 0. The van der Waals surface area contributed by atoms with Gasteiger partial charge in [-0.1, -0.05) is 12.1 Å². The molecule has 1 aromatic carbocycles. The van der Waals surface area contributed by atoms with Crippen LogP contribution in [0.15, 0.2) is 47.1 Å². The van der Waals surface area contributed by atoms with E-state index in [9.17, 15) is 19.2 Å². The van der Waals surface area contributed by atoms with Crippen LogP contribution < -0.4 is 10.6 Å². The molecule has 9 heteroatoms. The number of furan rings is 1. The summed E-state index contributed by atoms with van der Waals surface area (Å²) in [6, 6.07) is 9.33. The number of ether oxygens (including phenoxy) is 1. The number of benzene rings is 1. The molecule has 2 aromatic rings. The summed E-state index contributed by atoms with van der Waals surface area (Å²) < 4.78 is 10.0. The fourth-order valence-electron chi connectivity index (χ4n) is 2.89. The van der Waals surface area contributed by atoms with Crippen LogP contribution in [0, 0.1) is 0 Å². The molecular formula is C20H21N3O6. The lowest BCUT2D eigenvalue weighted by atomic mass is 10.1. The Bertz CT molecular complexity index is 893. The van der Waals surface area contributed by atoms with Gasteiger partial charge in [-0.2, -0.15) is 0 Å². The van der Waals surface area contributed by atoms with E-state index in [2.05, 4.69) is 10.6 Å². The lowest BCUT2D eigenvalue weighted by molar-refractivity contribution is -0.128. The second kappa shape index (κ2) is 9.54. The number of rotatable bonds is 7. The van der Waals surface area contributed by atoms with Crippen molar-refractivity contribution in [2.45, 2.75) is 25.9 Å². The normalized spacial score (nSPS) is 13.2. The third-order valence-electron chi connectivity index (χ3n) is 4.30. The number of imide groups is 1. The minimum atomic E-state index is -0.755. The first kappa shape index (κ1) is 20.1. The number of carbonyl (C=O) groups excluding carboxylic acids is 4. The molecule has 29 heavy (non-hydrogen) atoms. The molecule has 0 unspecified atom stereocenters. The molecule has 1 aromatic heterocycles. The molecule has 0 spiro atoms. The van der Waals surface area contributed by atoms with Crippen LogP contribution in [0.2, 0.25) is 0 Å². The lowest BCUT2D eigenvalue weighted by Crippen LogP contribution is -2.41. The van der Waals surface area contributed by atoms with Crippen LogP contribution in [0.5, 0.6) is 0 Å². The van der Waals surface area contributed by atoms with E-state index in [1.165, 1.54) is 6.26 Å². The lowest BCUT2D eigenvalue weighted by Gasteiger charge is -2.15. The topological polar surface area (TPSA) is 118 Å². The molecule has 152 valence electrons. The average Bonchev–Trinajstić information content (AvgIpc) is 3.37. The van der Waals surface area contributed by atoms with Crippen LogP contribution >= 0.6 is 0 Å². The number of carbonyl (C=O) groups is 4. The quantitative estimate of drug-likeness (QED) is 0.683. The molecule has 2 heterocycles. The van der Waals surface area contributed by atoms with Gasteiger partial charge in [0.05, 0.1) is 18.4 Å². The van der Waals surface area contributed by atoms with E-state index < -0.39 is 24.5 Å². The van der Waals surface area contributed by atoms with Gasteiger partial charge in [0.25, 0.3) is 5.91 Å². The van der Waals surface area contributed by atoms with E-state index >= 15 is 0 Å². The molecule has 0 aliphatic carbocycles. The van der Waals surface area contributed by atoms with Crippen molar-refractivity contribution in [1.82, 2.24) is 15.5 Å². The van der Waals surface area contributed by atoms with Gasteiger partial charge in [0, 0.05) is 19.5 Å². The number of hydrogen-bond donors (Lipinski definition) is 2. The number of urea groups is 1. The van der Waals surface area contributed by atoms with Gasteiger partial charge >= 0.3 is 12.0 Å². The van der Waals surface area contributed by atoms with Gasteiger partial charge in [0.2, 0.25) is 5.91 Å². The highest BCUT2D eigenvalue weighted by Crippen LogP contribution is 2.15. The molecule has 0 atom stereocenters. The highest BCUT2D eigenvalue weighted by Gasteiger charge is 2.20. The van der Waals surface area contributed by atoms with Gasteiger partial charge in [-0.05, 0) is 36.2 Å². The maximum atomic E-state index is 12.2. The van der Waals surface area contributed by atoms with Crippen molar-refractivity contribution in [3.05, 3.63) is 59.5 Å². The van der Waals surface area contributed by atoms with E-state index in [1.54, 1.807) is 35.2 Å². The van der Waals surface area contributed by atoms with Gasteiger partial charge in [-0.3, -0.25) is 14.9 Å². The van der Waals surface area contributed by atoms with Crippen LogP contribution in [0.1, 0.15) is 34.5 Å². The Morgan fingerprint density at radius 3 is 2.76 bits per heavy atom. The van der Waals surface area contributed by atoms with Crippen molar-refractivity contribution in [1.29, 1.82) is 0 Å². The van der Waals surface area contributed by atoms with Crippen LogP contribution in [0.4, 0.5) is 4.79 Å². The highest BCUT2D eigenvalue weighted by molar-refractivity contribution is 5.97. The van der Waals surface area contributed by atoms with Crippen molar-refractivity contribution in [2.24, 2.45) is 0 Å². The van der Waals surface area contributed by atoms with E-state index in [1.807, 2.05) is 6.07 Å². The van der Waals surface area contributed by atoms with Crippen LogP contribution in [-0.4, -0.2) is 41.9 Å². The Morgan fingerprint density at radius 2 is 2.03 bits per heavy atom. The fraction of sp³-hybridized carbons (Fsp3) is 0.300. The molecule has 1 aliphatic rings. The predicted molar refractivity (Wildman–Crippen MR) is 100 cm³/mol. The smallest absolute Gasteiger partial charge is 0.338 e. The number of amides is 4. The largest absolute Gasteiger partial charge is 0.467 e. The third kappa shape index (κ3) is 5.93. The van der Waals surface area contributed by atoms with E-state index in [4.69, 9.17) is 9.15 Å². The SMILES string of the molecule is O=C(COC(=O)c1cccc(CN2CCCC2=O)c1)NC(=O)NCc1ccco1. The Hall–Kier alpha value is -3.62. The summed E-state index contributed by atoms with van der Waals surface area (Å²) in [5.41, 5.74) is 1.07. The van der Waals surface area contributed by atoms with Gasteiger partial charge in [0.15, 0.2) is 6.61 Å². The second-order valence-corrected chi connectivity index (χ2v) is 6.51. The van der Waals surface area contributed by atoms with E-state index in [0.29, 0.717) is 25.3 Å². The number of nitrogens with zero attached hydrogens (tertiary/aromatic N) is 1. The molecule has 4 amide bonds. The van der Waals surface area contributed by atoms with E-state index in [0.717, 1.165) is 12.0 Å². The van der Waals surface area contributed by atoms with Crippen molar-refractivity contribution >= 4 is 23.8 Å². The van der Waals surface area contributed by atoms with Crippen molar-refractivity contribution in [2.75, 3.05) is 13.2 Å². The number of likely N-dealkylation sites (tertiary alicyclic amines) is 1. The zero-order valence-corrected chi connectivity index (χ0v) is 15.7. The Morgan fingerprint density at radius 1 is 1.17 bits per heavy atom. The first-order valence-electron chi connectivity index (χ1n) is 9.15. The Balaban J connectivity index is 1.43. The summed E-state index contributed by atoms with van der Waals surface area (Å²) in [6.07, 6.45) is 2.86. The predicted octanol–water partition coefficient (Wildman–Crippen LogP) is 1.58. The Labute approximate surface area is 167 Å². The molecule has 9 nitrogen and oxygen atoms in total. The maximum Gasteiger partial charge on any atom is 0.338 e. The Kier molecular flexibility index (Phi) is 6.62. The number of nitrogens with one attached hydrogen (secondary N) is 2. The number of esters is 1. The van der Waals surface area contributed by atoms with Gasteiger partial charge in [-0.25, -0.2) is 9.59 Å². The third-order valence-corrected chi connectivity index (χ3v) is 4.30. The molecule has 0 bridgehead atoms. The zero-order valence-electron chi connectivity index (χ0n) is 15.7. The van der Waals surface area contributed by atoms with Crippen molar-refractivity contribution in [3.63, 3.8) is 0 Å².